The summed E-state index contributed by atoms with van der Waals surface area (Å²) in [6, 6.07) is 14.0. The lowest BCUT2D eigenvalue weighted by Crippen LogP contribution is -2.10. The average Bonchev–Trinajstić information content (AvgIpc) is 2.46. The van der Waals surface area contributed by atoms with Crippen LogP contribution in [0.1, 0.15) is 16.7 Å². The molecule has 20 heavy (non-hydrogen) atoms. The average molecular weight is 271 g/mol. The zero-order chi connectivity index (χ0) is 14.5. The summed E-state index contributed by atoms with van der Waals surface area (Å²) in [5.74, 6) is 0. The van der Waals surface area contributed by atoms with E-state index in [1.165, 1.54) is 5.56 Å². The van der Waals surface area contributed by atoms with Crippen LogP contribution in [0.15, 0.2) is 42.5 Å². The third kappa shape index (κ3) is 3.45. The third-order valence-corrected chi connectivity index (χ3v) is 3.29. The van der Waals surface area contributed by atoms with Crippen LogP contribution in [0.2, 0.25) is 0 Å². The molecule has 0 amide bonds. The highest BCUT2D eigenvalue weighted by molar-refractivity contribution is 5.68. The monoisotopic (exact) mass is 271 g/mol. The molecule has 0 aliphatic carbocycles. The summed E-state index contributed by atoms with van der Waals surface area (Å²) >= 11 is 0. The van der Waals surface area contributed by atoms with Crippen molar-refractivity contribution >= 4 is 0 Å². The highest BCUT2D eigenvalue weighted by atomic mass is 16.3. The molecule has 0 aliphatic rings. The first-order chi connectivity index (χ1) is 9.63. The van der Waals surface area contributed by atoms with Crippen LogP contribution in [0, 0.1) is 0 Å². The summed E-state index contributed by atoms with van der Waals surface area (Å²) in [5, 5.41) is 18.7. The number of aliphatic hydroxyl groups excluding tert-OH is 2. The maximum Gasteiger partial charge on any atom is 0.0687 e. The van der Waals surface area contributed by atoms with Gasteiger partial charge in [0.2, 0.25) is 0 Å². The molecule has 0 atom stereocenters. The van der Waals surface area contributed by atoms with E-state index in [1.807, 2.05) is 38.4 Å². The van der Waals surface area contributed by atoms with Crippen LogP contribution < -0.4 is 0 Å². The zero-order valence-corrected chi connectivity index (χ0v) is 12.0. The molecule has 3 nitrogen and oxygen atoms in total. The second kappa shape index (κ2) is 6.66. The Hall–Kier alpha value is -1.68. The van der Waals surface area contributed by atoms with Crippen LogP contribution in [0.3, 0.4) is 0 Å². The van der Waals surface area contributed by atoms with Gasteiger partial charge in [0.1, 0.15) is 0 Å². The van der Waals surface area contributed by atoms with E-state index in [0.717, 1.165) is 28.8 Å². The van der Waals surface area contributed by atoms with E-state index in [-0.39, 0.29) is 13.2 Å². The molecule has 2 aromatic rings. The lowest BCUT2D eigenvalue weighted by molar-refractivity contribution is 0.281. The molecule has 0 radical (unpaired) electrons. The highest BCUT2D eigenvalue weighted by Crippen LogP contribution is 2.25. The van der Waals surface area contributed by atoms with Crippen LogP contribution in [-0.2, 0) is 19.8 Å². The van der Waals surface area contributed by atoms with Crippen LogP contribution in [0.25, 0.3) is 11.1 Å². The van der Waals surface area contributed by atoms with E-state index >= 15 is 0 Å². The molecule has 106 valence electrons. The van der Waals surface area contributed by atoms with Crippen LogP contribution in [-0.4, -0.2) is 29.2 Å². The molecule has 3 heteroatoms. The van der Waals surface area contributed by atoms with E-state index in [9.17, 15) is 5.11 Å². The summed E-state index contributed by atoms with van der Waals surface area (Å²) in [4.78, 5) is 2.10. The minimum Gasteiger partial charge on any atom is -0.392 e. The minimum absolute atomic E-state index is 0.0261. The van der Waals surface area contributed by atoms with Crippen molar-refractivity contribution < 1.29 is 10.2 Å². The Morgan fingerprint density at radius 1 is 0.850 bits per heavy atom. The van der Waals surface area contributed by atoms with E-state index in [4.69, 9.17) is 5.11 Å². The summed E-state index contributed by atoms with van der Waals surface area (Å²) in [6.07, 6.45) is 0. The Morgan fingerprint density at radius 2 is 1.50 bits per heavy atom. The van der Waals surface area contributed by atoms with Crippen molar-refractivity contribution in [1.82, 2.24) is 4.90 Å². The molecule has 2 N–H and O–H groups in total. The lowest BCUT2D eigenvalue weighted by atomic mass is 9.97. The van der Waals surface area contributed by atoms with Crippen LogP contribution in [0.4, 0.5) is 0 Å². The van der Waals surface area contributed by atoms with Crippen molar-refractivity contribution in [1.29, 1.82) is 0 Å². The molecule has 0 aromatic heterocycles. The van der Waals surface area contributed by atoms with Crippen molar-refractivity contribution in [3.63, 3.8) is 0 Å². The predicted octanol–water partition coefficient (Wildman–Crippen LogP) is 2.40. The van der Waals surface area contributed by atoms with Gasteiger partial charge in [0.05, 0.1) is 13.2 Å². The number of nitrogens with zero attached hydrogens (tertiary/aromatic N) is 1. The van der Waals surface area contributed by atoms with Gasteiger partial charge in [0.15, 0.2) is 0 Å². The highest BCUT2D eigenvalue weighted by Gasteiger charge is 2.06. The third-order valence-electron chi connectivity index (χ3n) is 3.29. The zero-order valence-electron chi connectivity index (χ0n) is 12.0. The molecule has 0 bridgehead atoms. The number of rotatable bonds is 5. The fourth-order valence-corrected chi connectivity index (χ4v) is 2.31. The van der Waals surface area contributed by atoms with Gasteiger partial charge in [-0.1, -0.05) is 42.5 Å². The molecule has 2 rings (SSSR count). The molecular formula is C17H21NO2. The maximum atomic E-state index is 9.59. The Morgan fingerprint density at radius 3 is 2.05 bits per heavy atom. The smallest absolute Gasteiger partial charge is 0.0687 e. The van der Waals surface area contributed by atoms with Crippen molar-refractivity contribution in [2.75, 3.05) is 14.1 Å². The molecule has 0 heterocycles. The Balaban J connectivity index is 2.35. The normalized spacial score (nSPS) is 11.1. The summed E-state index contributed by atoms with van der Waals surface area (Å²) < 4.78 is 0. The summed E-state index contributed by atoms with van der Waals surface area (Å²) in [5.41, 5.74) is 5.11. The Kier molecular flexibility index (Phi) is 4.90. The van der Waals surface area contributed by atoms with Gasteiger partial charge in [-0.05, 0) is 41.9 Å². The quantitative estimate of drug-likeness (QED) is 0.877. The molecule has 0 saturated heterocycles. The molecule has 0 fully saturated rings. The van der Waals surface area contributed by atoms with Crippen LogP contribution in [0.5, 0.6) is 0 Å². The first kappa shape index (κ1) is 14.7. The van der Waals surface area contributed by atoms with Gasteiger partial charge < -0.3 is 15.1 Å². The molecule has 0 unspecified atom stereocenters. The van der Waals surface area contributed by atoms with Gasteiger partial charge in [-0.2, -0.15) is 0 Å². The Bertz CT molecular complexity index is 562. The number of hydrogen-bond donors (Lipinski definition) is 2. The number of benzene rings is 2. The number of hydrogen-bond acceptors (Lipinski definition) is 3. The van der Waals surface area contributed by atoms with Crippen molar-refractivity contribution in [2.24, 2.45) is 0 Å². The predicted molar refractivity (Wildman–Crippen MR) is 81.1 cm³/mol. The fourth-order valence-electron chi connectivity index (χ4n) is 2.31. The fraction of sp³-hybridized carbons (Fsp3) is 0.294. The topological polar surface area (TPSA) is 43.7 Å². The van der Waals surface area contributed by atoms with E-state index < -0.39 is 0 Å². The van der Waals surface area contributed by atoms with Gasteiger partial charge in [-0.25, -0.2) is 0 Å². The van der Waals surface area contributed by atoms with Crippen molar-refractivity contribution in [2.45, 2.75) is 19.8 Å². The van der Waals surface area contributed by atoms with Gasteiger partial charge in [-0.15, -0.1) is 0 Å². The van der Waals surface area contributed by atoms with Gasteiger partial charge in [0.25, 0.3) is 0 Å². The van der Waals surface area contributed by atoms with E-state index in [2.05, 4.69) is 23.1 Å². The van der Waals surface area contributed by atoms with Gasteiger partial charge in [-0.3, -0.25) is 0 Å². The van der Waals surface area contributed by atoms with Gasteiger partial charge >= 0.3 is 0 Å². The van der Waals surface area contributed by atoms with Crippen molar-refractivity contribution in [3.8, 4) is 11.1 Å². The van der Waals surface area contributed by atoms with E-state index in [1.54, 1.807) is 0 Å². The van der Waals surface area contributed by atoms with Crippen LogP contribution >= 0.6 is 0 Å². The van der Waals surface area contributed by atoms with Gasteiger partial charge in [0, 0.05) is 6.54 Å². The first-order valence-electron chi connectivity index (χ1n) is 6.71. The molecule has 0 saturated carbocycles. The molecule has 0 spiro atoms. The SMILES string of the molecule is CN(C)Cc1ccc(-c2ccc(CO)cc2)c(CO)c1. The molecular weight excluding hydrogens is 250 g/mol. The summed E-state index contributed by atoms with van der Waals surface area (Å²) in [6.45, 7) is 0.935. The lowest BCUT2D eigenvalue weighted by Gasteiger charge is -2.14. The second-order valence-electron chi connectivity index (χ2n) is 5.24. The number of aliphatic hydroxyl groups is 2. The first-order valence-corrected chi connectivity index (χ1v) is 6.71. The minimum atomic E-state index is 0.0261. The second-order valence-corrected chi connectivity index (χ2v) is 5.24. The molecule has 2 aromatic carbocycles. The Labute approximate surface area is 120 Å². The van der Waals surface area contributed by atoms with Crippen molar-refractivity contribution in [3.05, 3.63) is 59.2 Å². The van der Waals surface area contributed by atoms with E-state index in [0.29, 0.717) is 0 Å². The molecule has 0 aliphatic heterocycles. The summed E-state index contributed by atoms with van der Waals surface area (Å²) in [7, 11) is 4.06. The maximum absolute atomic E-state index is 9.59. The standard InChI is InChI=1S/C17H21NO2/c1-18(2)10-14-5-8-17(16(9-14)12-20)15-6-3-13(11-19)4-7-15/h3-9,19-20H,10-12H2,1-2H3. The largest absolute Gasteiger partial charge is 0.392 e.